The van der Waals surface area contributed by atoms with Crippen LogP contribution in [0.4, 0.5) is 0 Å². The van der Waals surface area contributed by atoms with E-state index in [-0.39, 0.29) is 12.6 Å². The Morgan fingerprint density at radius 1 is 1.88 bits per heavy atom. The molecule has 0 aromatic rings. The lowest BCUT2D eigenvalue weighted by Gasteiger charge is -2.06. The number of rotatable bonds is 4. The van der Waals surface area contributed by atoms with Crippen LogP contribution in [0.25, 0.3) is 0 Å². The number of likely N-dealkylation sites (N-methyl/N-ethyl adjacent to an activating group) is 1. The van der Waals surface area contributed by atoms with Gasteiger partial charge >= 0.3 is 0 Å². The van der Waals surface area contributed by atoms with E-state index in [0.29, 0.717) is 6.42 Å². The lowest BCUT2D eigenvalue weighted by Crippen LogP contribution is -2.28. The zero-order valence-electron chi connectivity index (χ0n) is 4.92. The Kier molecular flexibility index (Phi) is 4.50. The number of aldehydes is 1. The number of aliphatic hydroxyl groups excluding tert-OH is 1. The van der Waals surface area contributed by atoms with Crippen LogP contribution in [0.1, 0.15) is 6.42 Å². The van der Waals surface area contributed by atoms with Crippen LogP contribution in [0.2, 0.25) is 0 Å². The first-order valence-corrected chi connectivity index (χ1v) is 2.57. The number of nitrogens with one attached hydrogen (secondary N) is 1. The van der Waals surface area contributed by atoms with E-state index in [0.717, 1.165) is 6.29 Å². The van der Waals surface area contributed by atoms with Crippen LogP contribution in [0.5, 0.6) is 0 Å². The third-order valence-corrected chi connectivity index (χ3v) is 1.01. The molecule has 3 heteroatoms. The monoisotopic (exact) mass is 117 g/mol. The summed E-state index contributed by atoms with van der Waals surface area (Å²) in [6, 6.07) is -0.0625. The first-order valence-electron chi connectivity index (χ1n) is 2.57. The Morgan fingerprint density at radius 3 is 2.62 bits per heavy atom. The fourth-order valence-corrected chi connectivity index (χ4v) is 0.400. The van der Waals surface area contributed by atoms with Crippen LogP contribution in [0.3, 0.4) is 0 Å². The van der Waals surface area contributed by atoms with Crippen LogP contribution in [-0.2, 0) is 4.79 Å². The maximum absolute atomic E-state index is 9.78. The third-order valence-electron chi connectivity index (χ3n) is 1.01. The highest BCUT2D eigenvalue weighted by Gasteiger charge is 1.99. The zero-order valence-corrected chi connectivity index (χ0v) is 4.92. The van der Waals surface area contributed by atoms with Gasteiger partial charge in [-0.3, -0.25) is 0 Å². The summed E-state index contributed by atoms with van der Waals surface area (Å²) < 4.78 is 0. The molecule has 0 aliphatic heterocycles. The molecule has 8 heavy (non-hydrogen) atoms. The molecule has 0 aromatic heterocycles. The molecule has 0 bridgehead atoms. The molecule has 0 saturated heterocycles. The van der Waals surface area contributed by atoms with Crippen molar-refractivity contribution in [3.05, 3.63) is 0 Å². The van der Waals surface area contributed by atoms with Crippen molar-refractivity contribution in [2.45, 2.75) is 12.5 Å². The number of carbonyl (C=O) groups excluding carboxylic acids is 1. The fraction of sp³-hybridized carbons (Fsp3) is 0.800. The van der Waals surface area contributed by atoms with Crippen LogP contribution in [0, 0.1) is 0 Å². The van der Waals surface area contributed by atoms with Crippen LogP contribution >= 0.6 is 0 Å². The van der Waals surface area contributed by atoms with Crippen molar-refractivity contribution in [3.63, 3.8) is 0 Å². The zero-order chi connectivity index (χ0) is 6.41. The van der Waals surface area contributed by atoms with E-state index in [4.69, 9.17) is 5.11 Å². The summed E-state index contributed by atoms with van der Waals surface area (Å²) in [5, 5.41) is 11.2. The van der Waals surface area contributed by atoms with Gasteiger partial charge in [0, 0.05) is 12.5 Å². The minimum absolute atomic E-state index is 0.0231. The van der Waals surface area contributed by atoms with Gasteiger partial charge in [0.25, 0.3) is 0 Å². The molecule has 0 fully saturated rings. The number of carbonyl (C=O) groups is 1. The van der Waals surface area contributed by atoms with E-state index in [9.17, 15) is 4.79 Å². The molecule has 2 N–H and O–H groups in total. The van der Waals surface area contributed by atoms with E-state index in [1.54, 1.807) is 7.05 Å². The number of hydrogen-bond acceptors (Lipinski definition) is 3. The average Bonchev–Trinajstić information content (AvgIpc) is 1.83. The SMILES string of the molecule is CNC(CO)CC=O. The minimum Gasteiger partial charge on any atom is -0.395 e. The van der Waals surface area contributed by atoms with Gasteiger partial charge in [0.2, 0.25) is 0 Å². The van der Waals surface area contributed by atoms with Gasteiger partial charge in [-0.1, -0.05) is 0 Å². The van der Waals surface area contributed by atoms with Crippen molar-refractivity contribution < 1.29 is 9.90 Å². The lowest BCUT2D eigenvalue weighted by molar-refractivity contribution is -0.108. The average molecular weight is 117 g/mol. The van der Waals surface area contributed by atoms with Crippen molar-refractivity contribution in [1.82, 2.24) is 5.32 Å². The Balaban J connectivity index is 3.20. The normalized spacial score (nSPS) is 13.2. The van der Waals surface area contributed by atoms with Gasteiger partial charge in [-0.05, 0) is 7.05 Å². The van der Waals surface area contributed by atoms with Crippen LogP contribution in [0.15, 0.2) is 0 Å². The van der Waals surface area contributed by atoms with Crippen molar-refractivity contribution in [1.29, 1.82) is 0 Å². The van der Waals surface area contributed by atoms with Gasteiger partial charge in [0.15, 0.2) is 0 Å². The molecule has 1 unspecified atom stereocenters. The lowest BCUT2D eigenvalue weighted by atomic mass is 10.2. The van der Waals surface area contributed by atoms with Crippen molar-refractivity contribution >= 4 is 6.29 Å². The van der Waals surface area contributed by atoms with Gasteiger partial charge in [0.05, 0.1) is 6.61 Å². The largest absolute Gasteiger partial charge is 0.395 e. The molecular formula is C5H11NO2. The summed E-state index contributed by atoms with van der Waals surface area (Å²) in [5.41, 5.74) is 0. The standard InChI is InChI=1S/C5H11NO2/c1-6-5(4-8)2-3-7/h3,5-6,8H,2,4H2,1H3. The topological polar surface area (TPSA) is 49.3 Å². The number of hydrogen-bond donors (Lipinski definition) is 2. The minimum atomic E-state index is -0.0625. The molecule has 48 valence electrons. The Morgan fingerprint density at radius 2 is 2.50 bits per heavy atom. The first kappa shape index (κ1) is 7.59. The summed E-state index contributed by atoms with van der Waals surface area (Å²) in [5.74, 6) is 0. The molecule has 0 aromatic carbocycles. The Labute approximate surface area is 48.7 Å². The summed E-state index contributed by atoms with van der Waals surface area (Å²) in [4.78, 5) is 9.78. The van der Waals surface area contributed by atoms with Crippen molar-refractivity contribution in [2.75, 3.05) is 13.7 Å². The summed E-state index contributed by atoms with van der Waals surface area (Å²) in [6.07, 6.45) is 1.17. The molecule has 0 saturated carbocycles. The van der Waals surface area contributed by atoms with Gasteiger partial charge in [-0.2, -0.15) is 0 Å². The molecule has 0 amide bonds. The van der Waals surface area contributed by atoms with Gasteiger partial charge in [-0.25, -0.2) is 0 Å². The quantitative estimate of drug-likeness (QED) is 0.472. The molecule has 0 spiro atoms. The van der Waals surface area contributed by atoms with E-state index >= 15 is 0 Å². The van der Waals surface area contributed by atoms with Crippen LogP contribution in [-0.4, -0.2) is 31.1 Å². The van der Waals surface area contributed by atoms with E-state index in [1.807, 2.05) is 0 Å². The second-order valence-electron chi connectivity index (χ2n) is 1.57. The van der Waals surface area contributed by atoms with E-state index in [1.165, 1.54) is 0 Å². The molecule has 3 nitrogen and oxygen atoms in total. The first-order chi connectivity index (χ1) is 3.85. The molecule has 0 aliphatic carbocycles. The van der Waals surface area contributed by atoms with Gasteiger partial charge < -0.3 is 15.2 Å². The fourth-order valence-electron chi connectivity index (χ4n) is 0.400. The van der Waals surface area contributed by atoms with Gasteiger partial charge in [0.1, 0.15) is 6.29 Å². The Hall–Kier alpha value is -0.410. The molecule has 0 rings (SSSR count). The smallest absolute Gasteiger partial charge is 0.121 e. The van der Waals surface area contributed by atoms with Crippen LogP contribution < -0.4 is 5.32 Å². The third kappa shape index (κ3) is 2.71. The predicted molar refractivity (Wildman–Crippen MR) is 30.6 cm³/mol. The predicted octanol–water partition coefficient (Wildman–Crippen LogP) is -0.844. The second-order valence-corrected chi connectivity index (χ2v) is 1.57. The molecular weight excluding hydrogens is 106 g/mol. The molecule has 0 aliphatic rings. The number of aliphatic hydroxyl groups is 1. The summed E-state index contributed by atoms with van der Waals surface area (Å²) in [6.45, 7) is 0.0231. The molecule has 0 radical (unpaired) electrons. The van der Waals surface area contributed by atoms with Crippen molar-refractivity contribution in [2.24, 2.45) is 0 Å². The summed E-state index contributed by atoms with van der Waals surface area (Å²) in [7, 11) is 1.71. The highest BCUT2D eigenvalue weighted by molar-refractivity contribution is 5.50. The highest BCUT2D eigenvalue weighted by atomic mass is 16.3. The maximum atomic E-state index is 9.78. The summed E-state index contributed by atoms with van der Waals surface area (Å²) >= 11 is 0. The molecule has 0 heterocycles. The van der Waals surface area contributed by atoms with Crippen molar-refractivity contribution in [3.8, 4) is 0 Å². The second kappa shape index (κ2) is 4.74. The van der Waals surface area contributed by atoms with E-state index in [2.05, 4.69) is 5.32 Å². The van der Waals surface area contributed by atoms with Gasteiger partial charge in [-0.15, -0.1) is 0 Å². The molecule has 1 atom stereocenters. The highest BCUT2D eigenvalue weighted by Crippen LogP contribution is 1.82. The maximum Gasteiger partial charge on any atom is 0.121 e. The van der Waals surface area contributed by atoms with E-state index < -0.39 is 0 Å². The Bertz CT molecular complexity index is 61.4.